The molecule has 1 aromatic heterocycles. The maximum Gasteiger partial charge on any atom is 0.255 e. The highest BCUT2D eigenvalue weighted by molar-refractivity contribution is 5.94. The van der Waals surface area contributed by atoms with Crippen LogP contribution in [0.2, 0.25) is 0 Å². The van der Waals surface area contributed by atoms with E-state index in [9.17, 15) is 4.79 Å². The lowest BCUT2D eigenvalue weighted by atomic mass is 10.1. The van der Waals surface area contributed by atoms with Crippen molar-refractivity contribution in [1.29, 1.82) is 0 Å². The summed E-state index contributed by atoms with van der Waals surface area (Å²) in [6, 6.07) is 3.54. The second-order valence-corrected chi connectivity index (χ2v) is 5.22. The zero-order chi connectivity index (χ0) is 14.5. The van der Waals surface area contributed by atoms with Crippen molar-refractivity contribution >= 4 is 5.91 Å². The van der Waals surface area contributed by atoms with Crippen LogP contribution in [0.25, 0.3) is 0 Å². The summed E-state index contributed by atoms with van der Waals surface area (Å²) in [5.74, 6) is 0.573. The van der Waals surface area contributed by atoms with Gasteiger partial charge < -0.3 is 19.1 Å². The second-order valence-electron chi connectivity index (χ2n) is 5.22. The number of nitrogens with zero attached hydrogens (tertiary/aromatic N) is 2. The van der Waals surface area contributed by atoms with Crippen molar-refractivity contribution in [2.45, 2.75) is 18.9 Å². The minimum Gasteiger partial charge on any atom is -0.474 e. The normalized spacial score (nSPS) is 20.3. The van der Waals surface area contributed by atoms with E-state index < -0.39 is 0 Å². The summed E-state index contributed by atoms with van der Waals surface area (Å²) >= 11 is 0. The average molecular weight is 292 g/mol. The lowest BCUT2D eigenvalue weighted by molar-refractivity contribution is 0.0236. The SMILES string of the molecule is O=C(c1ccc(OC2CCOCC2)nc1)N1CCOCC1. The molecule has 114 valence electrons. The standard InChI is InChI=1S/C15H20N2O4/c18-15(17-5-9-20-10-6-17)12-1-2-14(16-11-12)21-13-3-7-19-8-4-13/h1-2,11,13H,3-10H2. The summed E-state index contributed by atoms with van der Waals surface area (Å²) in [4.78, 5) is 18.3. The van der Waals surface area contributed by atoms with E-state index in [2.05, 4.69) is 4.98 Å². The van der Waals surface area contributed by atoms with E-state index in [4.69, 9.17) is 14.2 Å². The van der Waals surface area contributed by atoms with Gasteiger partial charge in [0.25, 0.3) is 5.91 Å². The molecule has 2 saturated heterocycles. The molecule has 0 spiro atoms. The van der Waals surface area contributed by atoms with Crippen LogP contribution in [0.4, 0.5) is 0 Å². The Morgan fingerprint density at radius 3 is 2.52 bits per heavy atom. The van der Waals surface area contributed by atoms with Crippen LogP contribution in [-0.4, -0.2) is 61.4 Å². The number of carbonyl (C=O) groups is 1. The van der Waals surface area contributed by atoms with E-state index in [1.54, 1.807) is 23.2 Å². The molecule has 21 heavy (non-hydrogen) atoms. The van der Waals surface area contributed by atoms with Gasteiger partial charge in [-0.1, -0.05) is 0 Å². The number of aromatic nitrogens is 1. The van der Waals surface area contributed by atoms with E-state index in [0.717, 1.165) is 26.1 Å². The van der Waals surface area contributed by atoms with Gasteiger partial charge in [-0.05, 0) is 6.07 Å². The molecule has 0 unspecified atom stereocenters. The van der Waals surface area contributed by atoms with Gasteiger partial charge in [-0.3, -0.25) is 4.79 Å². The molecule has 3 rings (SSSR count). The summed E-state index contributed by atoms with van der Waals surface area (Å²) < 4.78 is 16.3. The molecule has 1 amide bonds. The zero-order valence-electron chi connectivity index (χ0n) is 12.0. The van der Waals surface area contributed by atoms with Crippen LogP contribution < -0.4 is 4.74 Å². The fourth-order valence-electron chi connectivity index (χ4n) is 2.49. The zero-order valence-corrected chi connectivity index (χ0v) is 12.0. The molecule has 0 saturated carbocycles. The smallest absolute Gasteiger partial charge is 0.255 e. The van der Waals surface area contributed by atoms with Gasteiger partial charge in [-0.2, -0.15) is 0 Å². The lowest BCUT2D eigenvalue weighted by Crippen LogP contribution is -2.40. The third-order valence-electron chi connectivity index (χ3n) is 3.74. The minimum absolute atomic E-state index is 0.00316. The number of morpholine rings is 1. The summed E-state index contributed by atoms with van der Waals surface area (Å²) in [6.07, 6.45) is 3.52. The molecule has 2 fully saturated rings. The maximum atomic E-state index is 12.3. The Morgan fingerprint density at radius 1 is 1.14 bits per heavy atom. The molecule has 0 N–H and O–H groups in total. The summed E-state index contributed by atoms with van der Waals surface area (Å²) in [5, 5.41) is 0. The lowest BCUT2D eigenvalue weighted by Gasteiger charge is -2.27. The van der Waals surface area contributed by atoms with Gasteiger partial charge in [0.15, 0.2) is 0 Å². The van der Waals surface area contributed by atoms with Crippen molar-refractivity contribution in [2.24, 2.45) is 0 Å². The van der Waals surface area contributed by atoms with Crippen molar-refractivity contribution in [3.63, 3.8) is 0 Å². The van der Waals surface area contributed by atoms with Crippen LogP contribution in [0.3, 0.4) is 0 Å². The van der Waals surface area contributed by atoms with E-state index in [0.29, 0.717) is 37.7 Å². The number of carbonyl (C=O) groups excluding carboxylic acids is 1. The average Bonchev–Trinajstić information content (AvgIpc) is 2.57. The van der Waals surface area contributed by atoms with Crippen LogP contribution in [-0.2, 0) is 9.47 Å². The van der Waals surface area contributed by atoms with Gasteiger partial charge in [0.2, 0.25) is 5.88 Å². The first-order valence-electron chi connectivity index (χ1n) is 7.40. The molecular formula is C15H20N2O4. The van der Waals surface area contributed by atoms with E-state index in [1.165, 1.54) is 0 Å². The molecule has 0 aromatic carbocycles. The highest BCUT2D eigenvalue weighted by Crippen LogP contribution is 2.16. The van der Waals surface area contributed by atoms with Crippen molar-refractivity contribution in [2.75, 3.05) is 39.5 Å². The van der Waals surface area contributed by atoms with E-state index in [1.807, 2.05) is 0 Å². The highest BCUT2D eigenvalue weighted by Gasteiger charge is 2.19. The highest BCUT2D eigenvalue weighted by atomic mass is 16.5. The Balaban J connectivity index is 1.59. The predicted molar refractivity (Wildman–Crippen MR) is 75.4 cm³/mol. The Kier molecular flexibility index (Phi) is 4.67. The molecule has 0 bridgehead atoms. The summed E-state index contributed by atoms with van der Waals surface area (Å²) in [6.45, 7) is 3.95. The number of ether oxygens (including phenoxy) is 3. The fourth-order valence-corrected chi connectivity index (χ4v) is 2.49. The van der Waals surface area contributed by atoms with Crippen LogP contribution >= 0.6 is 0 Å². The molecule has 2 aliphatic rings. The van der Waals surface area contributed by atoms with Crippen molar-refractivity contribution < 1.29 is 19.0 Å². The molecule has 0 aliphatic carbocycles. The van der Waals surface area contributed by atoms with Gasteiger partial charge in [-0.15, -0.1) is 0 Å². The third kappa shape index (κ3) is 3.71. The number of amides is 1. The second kappa shape index (κ2) is 6.87. The molecule has 0 atom stereocenters. The van der Waals surface area contributed by atoms with Crippen LogP contribution in [0, 0.1) is 0 Å². The molecule has 1 aromatic rings. The molecule has 3 heterocycles. The molecular weight excluding hydrogens is 272 g/mol. The van der Waals surface area contributed by atoms with Gasteiger partial charge in [0.05, 0.1) is 32.0 Å². The van der Waals surface area contributed by atoms with E-state index >= 15 is 0 Å². The Hall–Kier alpha value is -1.66. The van der Waals surface area contributed by atoms with Gasteiger partial charge in [0, 0.05) is 38.2 Å². The Morgan fingerprint density at radius 2 is 1.86 bits per heavy atom. The number of hydrogen-bond donors (Lipinski definition) is 0. The number of rotatable bonds is 3. The van der Waals surface area contributed by atoms with Gasteiger partial charge in [0.1, 0.15) is 6.10 Å². The topological polar surface area (TPSA) is 60.9 Å². The van der Waals surface area contributed by atoms with Crippen LogP contribution in [0.1, 0.15) is 23.2 Å². The van der Waals surface area contributed by atoms with Crippen molar-refractivity contribution in [3.8, 4) is 5.88 Å². The number of pyridine rings is 1. The summed E-state index contributed by atoms with van der Waals surface area (Å²) in [7, 11) is 0. The molecule has 6 nitrogen and oxygen atoms in total. The van der Waals surface area contributed by atoms with Crippen molar-refractivity contribution in [3.05, 3.63) is 23.9 Å². The first kappa shape index (κ1) is 14.3. The first-order chi connectivity index (χ1) is 10.3. The van der Waals surface area contributed by atoms with Crippen molar-refractivity contribution in [1.82, 2.24) is 9.88 Å². The number of hydrogen-bond acceptors (Lipinski definition) is 5. The summed E-state index contributed by atoms with van der Waals surface area (Å²) in [5.41, 5.74) is 0.594. The first-order valence-corrected chi connectivity index (χ1v) is 7.40. The minimum atomic E-state index is 0.00316. The molecule has 2 aliphatic heterocycles. The Labute approximate surface area is 124 Å². The fraction of sp³-hybridized carbons (Fsp3) is 0.600. The third-order valence-corrected chi connectivity index (χ3v) is 3.74. The monoisotopic (exact) mass is 292 g/mol. The largest absolute Gasteiger partial charge is 0.474 e. The predicted octanol–water partition coefficient (Wildman–Crippen LogP) is 1.11. The molecule has 0 radical (unpaired) electrons. The van der Waals surface area contributed by atoms with Crippen LogP contribution in [0.5, 0.6) is 5.88 Å². The van der Waals surface area contributed by atoms with Gasteiger partial charge in [-0.25, -0.2) is 4.98 Å². The molecule has 6 heteroatoms. The van der Waals surface area contributed by atoms with Crippen LogP contribution in [0.15, 0.2) is 18.3 Å². The Bertz CT molecular complexity index is 465. The maximum absolute atomic E-state index is 12.3. The quantitative estimate of drug-likeness (QED) is 0.835. The van der Waals surface area contributed by atoms with Gasteiger partial charge >= 0.3 is 0 Å². The van der Waals surface area contributed by atoms with E-state index in [-0.39, 0.29) is 12.0 Å².